The van der Waals surface area contributed by atoms with Crippen molar-refractivity contribution in [3.8, 4) is 0 Å². The molecular formula is C21H23NO2. The number of carbonyl (C=O) groups is 1. The van der Waals surface area contributed by atoms with E-state index in [2.05, 4.69) is 60.9 Å². The van der Waals surface area contributed by atoms with E-state index in [1.54, 1.807) is 0 Å². The second kappa shape index (κ2) is 5.66. The molecule has 1 heterocycles. The Hall–Kier alpha value is -2.29. The van der Waals surface area contributed by atoms with Gasteiger partial charge in [0.1, 0.15) is 0 Å². The Morgan fingerprint density at radius 3 is 2.50 bits per heavy atom. The average Bonchev–Trinajstić information content (AvgIpc) is 3.33. The number of hydrogen-bond donors (Lipinski definition) is 1. The minimum atomic E-state index is -0.698. The van der Waals surface area contributed by atoms with Gasteiger partial charge in [-0.3, -0.25) is 4.79 Å². The zero-order valence-electron chi connectivity index (χ0n) is 14.2. The number of fused-ring (bicyclic) bond motifs is 3. The van der Waals surface area contributed by atoms with Gasteiger partial charge in [-0.1, -0.05) is 24.3 Å². The summed E-state index contributed by atoms with van der Waals surface area (Å²) in [5.74, 6) is -0.0123. The molecule has 1 aliphatic rings. The Morgan fingerprint density at radius 2 is 1.83 bits per heavy atom. The van der Waals surface area contributed by atoms with Crippen LogP contribution in [0.25, 0.3) is 21.8 Å². The summed E-state index contributed by atoms with van der Waals surface area (Å²) in [6.07, 6.45) is 2.55. The molecule has 2 aromatic carbocycles. The Labute approximate surface area is 141 Å². The highest BCUT2D eigenvalue weighted by Gasteiger charge is 2.34. The van der Waals surface area contributed by atoms with Crippen LogP contribution in [0.5, 0.6) is 0 Å². The van der Waals surface area contributed by atoms with Crippen molar-refractivity contribution in [1.82, 2.24) is 4.57 Å². The minimum absolute atomic E-state index is 0.146. The van der Waals surface area contributed by atoms with Gasteiger partial charge in [0.15, 0.2) is 0 Å². The van der Waals surface area contributed by atoms with Crippen molar-refractivity contribution in [2.45, 2.75) is 45.1 Å². The van der Waals surface area contributed by atoms with E-state index in [9.17, 15) is 9.90 Å². The van der Waals surface area contributed by atoms with Gasteiger partial charge in [-0.25, -0.2) is 0 Å². The fourth-order valence-electron chi connectivity index (χ4n) is 4.05. The number of rotatable bonds is 5. The van der Waals surface area contributed by atoms with Gasteiger partial charge in [-0.2, -0.15) is 0 Å². The fourth-order valence-corrected chi connectivity index (χ4v) is 4.05. The highest BCUT2D eigenvalue weighted by molar-refractivity contribution is 6.08. The summed E-state index contributed by atoms with van der Waals surface area (Å²) >= 11 is 0. The van der Waals surface area contributed by atoms with Gasteiger partial charge in [0.05, 0.1) is 6.42 Å². The molecule has 1 atom stereocenters. The fraction of sp³-hybridized carbons (Fsp3) is 0.381. The van der Waals surface area contributed by atoms with Gasteiger partial charge in [0.2, 0.25) is 0 Å². The monoisotopic (exact) mass is 321 g/mol. The third-order valence-corrected chi connectivity index (χ3v) is 5.26. The summed E-state index contributed by atoms with van der Waals surface area (Å²) in [6, 6.07) is 15.5. The van der Waals surface area contributed by atoms with Crippen LogP contribution in [0.4, 0.5) is 0 Å². The summed E-state index contributed by atoms with van der Waals surface area (Å²) < 4.78 is 2.37. The molecule has 0 amide bonds. The molecule has 24 heavy (non-hydrogen) atoms. The van der Waals surface area contributed by atoms with E-state index in [-0.39, 0.29) is 12.3 Å². The highest BCUT2D eigenvalue weighted by Crippen LogP contribution is 2.45. The molecule has 1 aliphatic carbocycles. The second-order valence-corrected chi connectivity index (χ2v) is 7.30. The number of para-hydroxylation sites is 1. The molecule has 1 fully saturated rings. The van der Waals surface area contributed by atoms with Crippen LogP contribution in [0.2, 0.25) is 0 Å². The van der Waals surface area contributed by atoms with Crippen LogP contribution in [0, 0.1) is 5.92 Å². The molecule has 0 spiro atoms. The first-order valence-electron chi connectivity index (χ1n) is 8.80. The average molecular weight is 321 g/mol. The van der Waals surface area contributed by atoms with Crippen LogP contribution in [0.15, 0.2) is 42.5 Å². The van der Waals surface area contributed by atoms with Gasteiger partial charge >= 0.3 is 5.97 Å². The van der Waals surface area contributed by atoms with Crippen molar-refractivity contribution in [1.29, 1.82) is 0 Å². The lowest BCUT2D eigenvalue weighted by molar-refractivity contribution is -0.137. The predicted octanol–water partition coefficient (Wildman–Crippen LogP) is 5.34. The molecule has 0 bridgehead atoms. The van der Waals surface area contributed by atoms with Crippen LogP contribution in [-0.2, 0) is 4.79 Å². The van der Waals surface area contributed by atoms with E-state index in [1.165, 1.54) is 27.4 Å². The molecule has 124 valence electrons. The summed E-state index contributed by atoms with van der Waals surface area (Å²) in [5.41, 5.74) is 3.67. The largest absolute Gasteiger partial charge is 0.481 e. The predicted molar refractivity (Wildman–Crippen MR) is 97.5 cm³/mol. The standard InChI is InChI=1S/C21H23NO2/c1-13(2)22-19-6-4-3-5-16(19)18-11-15(9-10-20(18)22)17(12-21(23)24)14-7-8-14/h3-6,9-11,13-14,17H,7-8,12H2,1-2H3,(H,23,24). The first-order chi connectivity index (χ1) is 11.6. The number of carboxylic acid groups (broad SMARTS) is 1. The van der Waals surface area contributed by atoms with Crippen molar-refractivity contribution in [2.75, 3.05) is 0 Å². The summed E-state index contributed by atoms with van der Waals surface area (Å²) in [4.78, 5) is 11.3. The zero-order valence-corrected chi connectivity index (χ0v) is 14.2. The maximum absolute atomic E-state index is 11.3. The summed E-state index contributed by atoms with van der Waals surface area (Å²) in [7, 11) is 0. The topological polar surface area (TPSA) is 42.2 Å². The quantitative estimate of drug-likeness (QED) is 0.689. The van der Waals surface area contributed by atoms with Crippen LogP contribution in [-0.4, -0.2) is 15.6 Å². The number of aromatic nitrogens is 1. The third kappa shape index (κ3) is 2.48. The van der Waals surface area contributed by atoms with Gasteiger partial charge in [0.25, 0.3) is 0 Å². The van der Waals surface area contributed by atoms with Crippen LogP contribution < -0.4 is 0 Å². The van der Waals surface area contributed by atoms with Crippen LogP contribution >= 0.6 is 0 Å². The molecule has 0 aliphatic heterocycles. The Morgan fingerprint density at radius 1 is 1.12 bits per heavy atom. The minimum Gasteiger partial charge on any atom is -0.481 e. The molecule has 3 aromatic rings. The summed E-state index contributed by atoms with van der Waals surface area (Å²) in [6.45, 7) is 4.41. The maximum Gasteiger partial charge on any atom is 0.303 e. The molecule has 1 unspecified atom stereocenters. The highest BCUT2D eigenvalue weighted by atomic mass is 16.4. The molecule has 4 rings (SSSR count). The number of benzene rings is 2. The summed E-state index contributed by atoms with van der Waals surface area (Å²) in [5, 5.41) is 11.8. The zero-order chi connectivity index (χ0) is 16.8. The Kier molecular flexibility index (Phi) is 3.60. The first-order valence-corrected chi connectivity index (χ1v) is 8.80. The van der Waals surface area contributed by atoms with Crippen molar-refractivity contribution in [3.05, 3.63) is 48.0 Å². The van der Waals surface area contributed by atoms with Crippen molar-refractivity contribution in [3.63, 3.8) is 0 Å². The van der Waals surface area contributed by atoms with Crippen molar-refractivity contribution >= 4 is 27.8 Å². The maximum atomic E-state index is 11.3. The number of nitrogens with zero attached hydrogens (tertiary/aromatic N) is 1. The molecule has 1 aromatic heterocycles. The lowest BCUT2D eigenvalue weighted by Gasteiger charge is -2.16. The van der Waals surface area contributed by atoms with Crippen LogP contribution in [0.3, 0.4) is 0 Å². The van der Waals surface area contributed by atoms with Crippen molar-refractivity contribution < 1.29 is 9.90 Å². The van der Waals surface area contributed by atoms with Gasteiger partial charge in [-0.15, -0.1) is 0 Å². The van der Waals surface area contributed by atoms with E-state index in [0.29, 0.717) is 12.0 Å². The van der Waals surface area contributed by atoms with Gasteiger partial charge < -0.3 is 9.67 Å². The van der Waals surface area contributed by atoms with E-state index in [1.807, 2.05) is 0 Å². The Balaban J connectivity index is 1.91. The second-order valence-electron chi connectivity index (χ2n) is 7.30. The molecule has 3 heteroatoms. The van der Waals surface area contributed by atoms with E-state index < -0.39 is 5.97 Å². The Bertz CT molecular complexity index is 918. The van der Waals surface area contributed by atoms with Crippen molar-refractivity contribution in [2.24, 2.45) is 5.92 Å². The van der Waals surface area contributed by atoms with E-state index in [4.69, 9.17) is 0 Å². The van der Waals surface area contributed by atoms with E-state index >= 15 is 0 Å². The lowest BCUT2D eigenvalue weighted by atomic mass is 9.90. The normalized spacial score (nSPS) is 16.1. The first kappa shape index (κ1) is 15.3. The molecule has 3 nitrogen and oxygen atoms in total. The molecule has 0 saturated heterocycles. The molecular weight excluding hydrogens is 298 g/mol. The number of hydrogen-bond acceptors (Lipinski definition) is 1. The smallest absolute Gasteiger partial charge is 0.303 e. The third-order valence-electron chi connectivity index (χ3n) is 5.26. The van der Waals surface area contributed by atoms with Crippen LogP contribution in [0.1, 0.15) is 50.6 Å². The SMILES string of the molecule is CC(C)n1c2ccccc2c2cc(C(CC(=O)O)C3CC3)ccc21. The van der Waals surface area contributed by atoms with E-state index in [0.717, 1.165) is 12.8 Å². The molecule has 0 radical (unpaired) electrons. The lowest BCUT2D eigenvalue weighted by Crippen LogP contribution is -2.08. The number of aliphatic carboxylic acids is 1. The van der Waals surface area contributed by atoms with Gasteiger partial charge in [-0.05, 0) is 62.3 Å². The number of carboxylic acids is 1. The molecule has 1 saturated carbocycles. The van der Waals surface area contributed by atoms with Gasteiger partial charge in [0, 0.05) is 27.8 Å². The molecule has 1 N–H and O–H groups in total.